The second-order valence-corrected chi connectivity index (χ2v) is 7.96. The van der Waals surface area contributed by atoms with Gasteiger partial charge in [-0.2, -0.15) is 0 Å². The molecule has 1 aliphatic rings. The zero-order valence-corrected chi connectivity index (χ0v) is 16.9. The van der Waals surface area contributed by atoms with E-state index in [9.17, 15) is 8.78 Å². The summed E-state index contributed by atoms with van der Waals surface area (Å²) in [7, 11) is 0. The van der Waals surface area contributed by atoms with E-state index in [4.69, 9.17) is 4.74 Å². The molecule has 0 aromatic heterocycles. The smallest absolute Gasteiger partial charge is 0.131 e. The minimum absolute atomic E-state index is 0.00277. The van der Waals surface area contributed by atoms with E-state index in [0.717, 1.165) is 6.54 Å². The topological polar surface area (TPSA) is 21.3 Å². The number of rotatable bonds is 8. The number of ether oxygens (including phenoxy) is 1. The molecule has 2 aromatic rings. The van der Waals surface area contributed by atoms with Crippen molar-refractivity contribution in [1.82, 2.24) is 5.32 Å². The molecule has 2 aromatic carbocycles. The van der Waals surface area contributed by atoms with Crippen molar-refractivity contribution >= 4 is 0 Å². The fourth-order valence-electron chi connectivity index (χ4n) is 4.30. The normalized spacial score (nSPS) is 16.3. The standard InChI is InChI=1S/C24H31F2NO/c1-17-8-6-9-18(2)24(17)19(14-27-20-10-4-3-5-11-20)15-28-16-21-22(25)12-7-13-23(21)26/h6-9,12-13,19-20,27H,3-5,10-11,14-16H2,1-2H3. The molecule has 0 radical (unpaired) electrons. The first-order valence-electron chi connectivity index (χ1n) is 10.4. The third-order valence-electron chi connectivity index (χ3n) is 5.84. The lowest BCUT2D eigenvalue weighted by molar-refractivity contribution is 0.100. The number of aryl methyl sites for hydroxylation is 2. The first kappa shape index (κ1) is 20.9. The maximum absolute atomic E-state index is 13.9. The Labute approximate surface area is 167 Å². The van der Waals surface area contributed by atoms with E-state index >= 15 is 0 Å². The fraction of sp³-hybridized carbons (Fsp3) is 0.500. The highest BCUT2D eigenvalue weighted by atomic mass is 19.1. The van der Waals surface area contributed by atoms with E-state index in [0.29, 0.717) is 12.6 Å². The van der Waals surface area contributed by atoms with Gasteiger partial charge in [0.15, 0.2) is 0 Å². The van der Waals surface area contributed by atoms with Gasteiger partial charge in [-0.3, -0.25) is 0 Å². The number of hydrogen-bond acceptors (Lipinski definition) is 2. The van der Waals surface area contributed by atoms with Crippen LogP contribution >= 0.6 is 0 Å². The third-order valence-corrected chi connectivity index (χ3v) is 5.84. The highest BCUT2D eigenvalue weighted by Gasteiger charge is 2.20. The first-order valence-corrected chi connectivity index (χ1v) is 10.4. The van der Waals surface area contributed by atoms with Gasteiger partial charge in [0.25, 0.3) is 0 Å². The highest BCUT2D eigenvalue weighted by molar-refractivity contribution is 5.37. The van der Waals surface area contributed by atoms with Gasteiger partial charge in [0.2, 0.25) is 0 Å². The molecule has 0 saturated heterocycles. The lowest BCUT2D eigenvalue weighted by Crippen LogP contribution is -2.35. The SMILES string of the molecule is Cc1cccc(C)c1C(CNC1CCCCC1)COCc1c(F)cccc1F. The Bertz CT molecular complexity index is 731. The summed E-state index contributed by atoms with van der Waals surface area (Å²) in [5.41, 5.74) is 3.75. The Balaban J connectivity index is 1.68. The van der Waals surface area contributed by atoms with Gasteiger partial charge in [0.05, 0.1) is 13.2 Å². The molecule has 28 heavy (non-hydrogen) atoms. The Morgan fingerprint density at radius 3 is 2.21 bits per heavy atom. The van der Waals surface area contributed by atoms with Crippen molar-refractivity contribution in [3.05, 3.63) is 70.3 Å². The zero-order chi connectivity index (χ0) is 19.9. The van der Waals surface area contributed by atoms with Crippen molar-refractivity contribution in [2.24, 2.45) is 0 Å². The summed E-state index contributed by atoms with van der Waals surface area (Å²) in [6.45, 7) is 5.43. The summed E-state index contributed by atoms with van der Waals surface area (Å²) in [6.07, 6.45) is 6.35. The maximum atomic E-state index is 13.9. The Morgan fingerprint density at radius 2 is 1.57 bits per heavy atom. The van der Waals surface area contributed by atoms with Crippen LogP contribution < -0.4 is 5.32 Å². The molecule has 1 N–H and O–H groups in total. The fourth-order valence-corrected chi connectivity index (χ4v) is 4.30. The summed E-state index contributed by atoms with van der Waals surface area (Å²) >= 11 is 0. The van der Waals surface area contributed by atoms with Gasteiger partial charge in [-0.25, -0.2) is 8.78 Å². The summed E-state index contributed by atoms with van der Waals surface area (Å²) in [4.78, 5) is 0. The van der Waals surface area contributed by atoms with E-state index in [1.807, 2.05) is 0 Å². The molecule has 4 heteroatoms. The van der Waals surface area contributed by atoms with E-state index in [1.54, 1.807) is 0 Å². The lowest BCUT2D eigenvalue weighted by Gasteiger charge is -2.27. The molecule has 0 aliphatic heterocycles. The van der Waals surface area contributed by atoms with Gasteiger partial charge in [0.1, 0.15) is 11.6 Å². The largest absolute Gasteiger partial charge is 0.376 e. The molecule has 1 saturated carbocycles. The summed E-state index contributed by atoms with van der Waals surface area (Å²) in [5.74, 6) is -0.953. The van der Waals surface area contributed by atoms with Crippen molar-refractivity contribution in [3.8, 4) is 0 Å². The van der Waals surface area contributed by atoms with Gasteiger partial charge in [0, 0.05) is 24.1 Å². The number of benzene rings is 2. The van der Waals surface area contributed by atoms with Crippen LogP contribution in [0.5, 0.6) is 0 Å². The quantitative estimate of drug-likeness (QED) is 0.618. The maximum Gasteiger partial charge on any atom is 0.131 e. The summed E-state index contributed by atoms with van der Waals surface area (Å²) in [5, 5.41) is 3.72. The van der Waals surface area contributed by atoms with Crippen LogP contribution in [0.15, 0.2) is 36.4 Å². The molecule has 0 bridgehead atoms. The van der Waals surface area contributed by atoms with E-state index < -0.39 is 11.6 Å². The molecule has 1 atom stereocenters. The minimum Gasteiger partial charge on any atom is -0.376 e. The molecule has 1 fully saturated rings. The highest BCUT2D eigenvalue weighted by Crippen LogP contribution is 2.26. The van der Waals surface area contributed by atoms with E-state index in [1.165, 1.54) is 67.0 Å². The molecular weight excluding hydrogens is 356 g/mol. The second-order valence-electron chi connectivity index (χ2n) is 7.96. The van der Waals surface area contributed by atoms with Crippen molar-refractivity contribution in [3.63, 3.8) is 0 Å². The van der Waals surface area contributed by atoms with Crippen LogP contribution in [-0.4, -0.2) is 19.2 Å². The third kappa shape index (κ3) is 5.39. The predicted octanol–water partition coefficient (Wildman–Crippen LogP) is 5.80. The van der Waals surface area contributed by atoms with Crippen LogP contribution in [-0.2, 0) is 11.3 Å². The number of nitrogens with one attached hydrogen (secondary N) is 1. The van der Waals surface area contributed by atoms with Crippen LogP contribution in [0.25, 0.3) is 0 Å². The van der Waals surface area contributed by atoms with Crippen LogP contribution in [0.4, 0.5) is 8.78 Å². The minimum atomic E-state index is -0.552. The number of halogens is 2. The van der Waals surface area contributed by atoms with E-state index in [2.05, 4.69) is 37.4 Å². The van der Waals surface area contributed by atoms with Gasteiger partial charge >= 0.3 is 0 Å². The average Bonchev–Trinajstić information content (AvgIpc) is 2.68. The van der Waals surface area contributed by atoms with Gasteiger partial charge in [-0.15, -0.1) is 0 Å². The molecular formula is C24H31F2NO. The second kappa shape index (κ2) is 10.1. The molecule has 1 unspecified atom stereocenters. The summed E-state index contributed by atoms with van der Waals surface area (Å²) < 4.78 is 33.6. The van der Waals surface area contributed by atoms with Crippen LogP contribution in [0, 0.1) is 25.5 Å². The summed E-state index contributed by atoms with van der Waals surface area (Å²) in [6, 6.07) is 10.8. The van der Waals surface area contributed by atoms with Gasteiger partial charge < -0.3 is 10.1 Å². The molecule has 0 heterocycles. The molecule has 0 amide bonds. The lowest BCUT2D eigenvalue weighted by atomic mass is 9.90. The Kier molecular flexibility index (Phi) is 7.57. The van der Waals surface area contributed by atoms with Gasteiger partial charge in [-0.05, 0) is 55.5 Å². The molecule has 152 valence electrons. The molecule has 1 aliphatic carbocycles. The van der Waals surface area contributed by atoms with Crippen LogP contribution in [0.1, 0.15) is 60.3 Å². The van der Waals surface area contributed by atoms with E-state index in [-0.39, 0.29) is 18.1 Å². The average molecular weight is 388 g/mol. The van der Waals surface area contributed by atoms with Crippen LogP contribution in [0.3, 0.4) is 0 Å². The van der Waals surface area contributed by atoms with Crippen LogP contribution in [0.2, 0.25) is 0 Å². The van der Waals surface area contributed by atoms with Gasteiger partial charge in [-0.1, -0.05) is 43.5 Å². The zero-order valence-electron chi connectivity index (χ0n) is 16.9. The van der Waals surface area contributed by atoms with Crippen molar-refractivity contribution < 1.29 is 13.5 Å². The Morgan fingerprint density at radius 1 is 0.964 bits per heavy atom. The molecule has 2 nitrogen and oxygen atoms in total. The number of hydrogen-bond donors (Lipinski definition) is 1. The monoisotopic (exact) mass is 387 g/mol. The van der Waals surface area contributed by atoms with Crippen molar-refractivity contribution in [2.45, 2.75) is 64.5 Å². The molecule has 0 spiro atoms. The predicted molar refractivity (Wildman–Crippen MR) is 110 cm³/mol. The van der Waals surface area contributed by atoms with Crippen molar-refractivity contribution in [2.75, 3.05) is 13.2 Å². The Hall–Kier alpha value is -1.78. The van der Waals surface area contributed by atoms with Crippen molar-refractivity contribution in [1.29, 1.82) is 0 Å². The first-order chi connectivity index (χ1) is 13.6. The molecule has 3 rings (SSSR count).